The minimum atomic E-state index is -3.37. The smallest absolute Gasteiger partial charge is 0.598 e. The molecular weight excluding hydrogens is 333 g/mol. The summed E-state index contributed by atoms with van der Waals surface area (Å²) >= 11 is 0. The van der Waals surface area contributed by atoms with Crippen LogP contribution in [0.15, 0.2) is 0 Å². The van der Waals surface area contributed by atoms with Crippen LogP contribution in [0.1, 0.15) is 0 Å². The summed E-state index contributed by atoms with van der Waals surface area (Å²) in [5.41, 5.74) is 0. The molecule has 0 aliphatic rings. The predicted molar refractivity (Wildman–Crippen MR) is 26.7 cm³/mol. The zero-order chi connectivity index (χ0) is 7.15. The molecule has 10 heteroatoms. The number of hydrogen-bond donors (Lipinski definition) is 0. The first-order valence-electron chi connectivity index (χ1n) is 1.10. The molecule has 0 saturated carbocycles. The Bertz CT molecular complexity index is 71.7. The summed E-state index contributed by atoms with van der Waals surface area (Å²) in [6.07, 6.45) is 0. The van der Waals surface area contributed by atoms with E-state index in [9.17, 15) is 0 Å². The minimum Gasteiger partial charge on any atom is -0.598 e. The van der Waals surface area contributed by atoms with Gasteiger partial charge >= 0.3 is 91.0 Å². The number of hydrogen-bond acceptors (Lipinski definition) is 6. The average molecular weight is 333 g/mol. The fourth-order valence-corrected chi connectivity index (χ4v) is 0. The van der Waals surface area contributed by atoms with E-state index in [0.29, 0.717) is 0 Å². The van der Waals surface area contributed by atoms with Crippen LogP contribution in [0.3, 0.4) is 0 Å². The summed E-state index contributed by atoms with van der Waals surface area (Å²) in [5, 5.41) is 0. The van der Waals surface area contributed by atoms with Gasteiger partial charge in [0.15, 0.2) is 0 Å². The van der Waals surface area contributed by atoms with Crippen molar-refractivity contribution in [3.05, 3.63) is 0 Å². The molecule has 0 spiro atoms. The molecule has 0 aromatic heterocycles. The molecule has 0 saturated heterocycles. The van der Waals surface area contributed by atoms with Crippen molar-refractivity contribution in [1.82, 2.24) is 0 Å². The quantitative estimate of drug-likeness (QED) is 0.328. The normalized spacial score (nSPS) is 5.20. The summed E-state index contributed by atoms with van der Waals surface area (Å²) in [6, 6.07) is 0. The summed E-state index contributed by atoms with van der Waals surface area (Å²) in [7, 11) is -6.74. The van der Waals surface area contributed by atoms with Gasteiger partial charge in [-0.2, -0.15) is 0 Å². The van der Waals surface area contributed by atoms with Crippen LogP contribution in [0.4, 0.5) is 0 Å². The van der Waals surface area contributed by atoms with Gasteiger partial charge in [-0.1, -0.05) is 9.13 Å². The monoisotopic (exact) mass is 334 g/mol. The molecule has 0 radical (unpaired) electrons. The molecule has 0 N–H and O–H groups in total. The Morgan fingerprint density at radius 3 is 0.700 bits per heavy atom. The van der Waals surface area contributed by atoms with Crippen molar-refractivity contribution in [2.45, 2.75) is 0 Å². The van der Waals surface area contributed by atoms with Gasteiger partial charge in [-0.15, -0.1) is 0 Å². The second kappa shape index (κ2) is 17.9. The van der Waals surface area contributed by atoms with E-state index in [1.54, 1.807) is 0 Å². The molecule has 0 amide bonds. The molecule has 0 bridgehead atoms. The summed E-state index contributed by atoms with van der Waals surface area (Å²) < 4.78 is 17.0. The van der Waals surface area contributed by atoms with E-state index in [0.717, 1.165) is 0 Å². The summed E-state index contributed by atoms with van der Waals surface area (Å²) in [4.78, 5) is 33.9. The van der Waals surface area contributed by atoms with E-state index in [4.69, 9.17) is 28.7 Å². The first kappa shape index (κ1) is 23.1. The maximum Gasteiger partial charge on any atom is 2.00 e. The van der Waals surface area contributed by atoms with Crippen molar-refractivity contribution in [3.63, 3.8) is 0 Å². The van der Waals surface area contributed by atoms with Crippen LogP contribution in [-0.4, -0.2) is 91.0 Å². The molecule has 0 unspecified atom stereocenters. The molecule has 0 heterocycles. The van der Waals surface area contributed by atoms with Gasteiger partial charge in [0.1, 0.15) is 0 Å². The Hall–Kier alpha value is 3.00. The van der Waals surface area contributed by atoms with Crippen molar-refractivity contribution in [1.29, 1.82) is 0 Å². The van der Waals surface area contributed by atoms with Gasteiger partial charge in [0, 0.05) is 0 Å². The van der Waals surface area contributed by atoms with E-state index in [2.05, 4.69) is 0 Å². The van der Waals surface area contributed by atoms with Gasteiger partial charge in [-0.05, 0) is 0 Å². The van der Waals surface area contributed by atoms with Crippen LogP contribution in [-0.2, 0) is 9.13 Å². The molecule has 0 aromatic carbocycles. The standard InChI is InChI=1S/2HO3P.2Sr/c2*1-4(2)3;;/h2*(H,1,2,3);;/q;;2*+2/p-2. The van der Waals surface area contributed by atoms with Gasteiger partial charge in [0.25, 0.3) is 16.5 Å². The van der Waals surface area contributed by atoms with Crippen molar-refractivity contribution in [2.24, 2.45) is 0 Å². The molecule has 0 atom stereocenters. The second-order valence-electron chi connectivity index (χ2n) is 0.447. The van der Waals surface area contributed by atoms with Crippen molar-refractivity contribution in [2.75, 3.05) is 0 Å². The van der Waals surface area contributed by atoms with Crippen molar-refractivity contribution in [3.8, 4) is 0 Å². The van der Waals surface area contributed by atoms with E-state index in [-0.39, 0.29) is 91.0 Å². The van der Waals surface area contributed by atoms with Crippen molar-refractivity contribution < 1.29 is 28.7 Å². The second-order valence-corrected chi connectivity index (χ2v) is 1.34. The first-order chi connectivity index (χ1) is 3.46. The Balaban J connectivity index is -0.0000000300. The minimum absolute atomic E-state index is 0. The predicted octanol–water partition coefficient (Wildman–Crippen LogP) is -4.03. The SMILES string of the molecule is O=[P+]([O-])[O-].O=[P+]([O-])[O-].[Sr+2].[Sr+2]. The molecule has 0 rings (SSSR count). The molecule has 0 aliphatic carbocycles. The maximum absolute atomic E-state index is 8.48. The summed E-state index contributed by atoms with van der Waals surface area (Å²) in [5.74, 6) is 0. The van der Waals surface area contributed by atoms with Gasteiger partial charge in [0.2, 0.25) is 0 Å². The van der Waals surface area contributed by atoms with Crippen LogP contribution < -0.4 is 19.6 Å². The molecule has 48 valence electrons. The van der Waals surface area contributed by atoms with E-state index in [1.165, 1.54) is 0 Å². The molecule has 0 aliphatic heterocycles. The molecule has 6 nitrogen and oxygen atoms in total. The van der Waals surface area contributed by atoms with Crippen LogP contribution in [0.5, 0.6) is 0 Å². The van der Waals surface area contributed by atoms with Gasteiger partial charge < -0.3 is 19.6 Å². The van der Waals surface area contributed by atoms with Crippen LogP contribution >= 0.6 is 16.5 Å². The summed E-state index contributed by atoms with van der Waals surface area (Å²) in [6.45, 7) is 0. The van der Waals surface area contributed by atoms with Crippen LogP contribution in [0.25, 0.3) is 0 Å². The Morgan fingerprint density at radius 2 is 0.700 bits per heavy atom. The topological polar surface area (TPSA) is 126 Å². The fourth-order valence-electron chi connectivity index (χ4n) is 0. The Morgan fingerprint density at radius 1 is 0.700 bits per heavy atom. The Labute approximate surface area is 133 Å². The largest absolute Gasteiger partial charge is 2.00 e. The third-order valence-electron chi connectivity index (χ3n) is 0. The fraction of sp³-hybridized carbons (Fsp3) is 0. The van der Waals surface area contributed by atoms with Crippen LogP contribution in [0.2, 0.25) is 0 Å². The van der Waals surface area contributed by atoms with Crippen molar-refractivity contribution >= 4 is 107 Å². The van der Waals surface area contributed by atoms with E-state index < -0.39 is 16.5 Å². The van der Waals surface area contributed by atoms with Gasteiger partial charge in [0.05, 0.1) is 0 Å². The molecular formula is O6P2Sr2+2. The van der Waals surface area contributed by atoms with Gasteiger partial charge in [-0.3, -0.25) is 0 Å². The zero-order valence-electron chi connectivity index (χ0n) is 4.76. The molecule has 0 aromatic rings. The van der Waals surface area contributed by atoms with E-state index >= 15 is 0 Å². The zero-order valence-corrected chi connectivity index (χ0v) is 13.5. The van der Waals surface area contributed by atoms with Crippen LogP contribution in [0, 0.1) is 0 Å². The molecule has 0 fully saturated rings. The molecule has 10 heavy (non-hydrogen) atoms. The van der Waals surface area contributed by atoms with E-state index in [1.807, 2.05) is 0 Å². The third-order valence-corrected chi connectivity index (χ3v) is 0. The third kappa shape index (κ3) is 122. The average Bonchev–Trinajstić information content (AvgIpc) is 1.25. The first-order valence-corrected chi connectivity index (χ1v) is 3.29. The number of rotatable bonds is 0. The Kier molecular flexibility index (Phi) is 41.4. The van der Waals surface area contributed by atoms with Gasteiger partial charge in [-0.25, -0.2) is 0 Å². The maximum atomic E-state index is 8.48.